The van der Waals surface area contributed by atoms with Crippen molar-refractivity contribution in [1.29, 1.82) is 0 Å². The smallest absolute Gasteiger partial charge is 0.343 e. The van der Waals surface area contributed by atoms with E-state index in [1.165, 1.54) is 22.8 Å². The van der Waals surface area contributed by atoms with Crippen LogP contribution in [0.15, 0.2) is 33.7 Å². The van der Waals surface area contributed by atoms with E-state index < -0.39 is 18.1 Å². The average Bonchev–Trinajstić information content (AvgIpc) is 3.01. The second-order valence-electron chi connectivity index (χ2n) is 7.13. The van der Waals surface area contributed by atoms with Crippen LogP contribution in [0.1, 0.15) is 32.8 Å². The van der Waals surface area contributed by atoms with Gasteiger partial charge in [-0.15, -0.1) is 0 Å². The summed E-state index contributed by atoms with van der Waals surface area (Å²) in [4.78, 5) is 42.8. The van der Waals surface area contributed by atoms with Gasteiger partial charge in [-0.2, -0.15) is 0 Å². The lowest BCUT2D eigenvalue weighted by Gasteiger charge is -2.18. The summed E-state index contributed by atoms with van der Waals surface area (Å²) in [6.07, 6.45) is 1.31. The maximum absolute atomic E-state index is 12.6. The van der Waals surface area contributed by atoms with Crippen molar-refractivity contribution in [3.8, 4) is 0 Å². The van der Waals surface area contributed by atoms with E-state index in [1.54, 1.807) is 14.0 Å². The third-order valence-corrected chi connectivity index (χ3v) is 4.81. The van der Waals surface area contributed by atoms with Crippen LogP contribution >= 0.6 is 0 Å². The summed E-state index contributed by atoms with van der Waals surface area (Å²) in [7, 11) is 3.17. The normalized spacial score (nSPS) is 10.9. The van der Waals surface area contributed by atoms with E-state index in [4.69, 9.17) is 9.15 Å². The molecule has 0 bridgehead atoms. The van der Waals surface area contributed by atoms with Crippen LogP contribution < -0.4 is 5.56 Å². The first-order valence-corrected chi connectivity index (χ1v) is 9.11. The Labute approximate surface area is 167 Å². The number of ether oxygens (including phenoxy) is 1. The number of aryl methyl sites for hydroxylation is 4. The summed E-state index contributed by atoms with van der Waals surface area (Å²) in [5.74, 6) is -0.925. The summed E-state index contributed by atoms with van der Waals surface area (Å²) >= 11 is 0. The lowest BCUT2D eigenvalue weighted by Crippen LogP contribution is -2.31. The third-order valence-electron chi connectivity index (χ3n) is 4.81. The number of fused-ring (bicyclic) bond motifs is 1. The molecule has 0 atom stereocenters. The molecule has 0 saturated heterocycles. The Morgan fingerprint density at radius 1 is 1.24 bits per heavy atom. The molecular formula is C21H23N3O5. The average molecular weight is 397 g/mol. The van der Waals surface area contributed by atoms with Gasteiger partial charge in [0, 0.05) is 20.6 Å². The van der Waals surface area contributed by atoms with Gasteiger partial charge in [0.2, 0.25) is 5.71 Å². The van der Waals surface area contributed by atoms with Gasteiger partial charge in [-0.1, -0.05) is 23.8 Å². The van der Waals surface area contributed by atoms with E-state index in [0.717, 1.165) is 16.7 Å². The molecule has 8 nitrogen and oxygen atoms in total. The van der Waals surface area contributed by atoms with Crippen molar-refractivity contribution in [3.05, 3.63) is 62.9 Å². The van der Waals surface area contributed by atoms with Gasteiger partial charge in [0.15, 0.2) is 6.61 Å². The van der Waals surface area contributed by atoms with Gasteiger partial charge in [-0.05, 0) is 31.9 Å². The van der Waals surface area contributed by atoms with Crippen molar-refractivity contribution in [3.63, 3.8) is 0 Å². The van der Waals surface area contributed by atoms with Crippen LogP contribution in [0, 0.1) is 20.8 Å². The number of hydrogen-bond donors (Lipinski definition) is 0. The Morgan fingerprint density at radius 2 is 1.97 bits per heavy atom. The summed E-state index contributed by atoms with van der Waals surface area (Å²) in [6, 6.07) is 6.02. The van der Waals surface area contributed by atoms with E-state index in [9.17, 15) is 14.4 Å². The fourth-order valence-corrected chi connectivity index (χ4v) is 3.11. The standard InChI is InChI=1S/C21H23N3O5/c1-12-6-7-15(13(2)8-12)9-23(4)16(25)10-28-21(27)17-14(3)29-19-18(17)20(26)24(5)11-22-19/h6-8,11H,9-10H2,1-5H3. The molecule has 0 saturated carbocycles. The molecule has 29 heavy (non-hydrogen) atoms. The molecule has 0 aliphatic rings. The molecule has 0 aliphatic heterocycles. The van der Waals surface area contributed by atoms with Crippen LogP contribution in [0.25, 0.3) is 11.1 Å². The van der Waals surface area contributed by atoms with Gasteiger partial charge in [-0.3, -0.25) is 9.59 Å². The summed E-state index contributed by atoms with van der Waals surface area (Å²) < 4.78 is 11.8. The second kappa shape index (κ2) is 7.90. The Kier molecular flexibility index (Phi) is 5.54. The molecule has 0 radical (unpaired) electrons. The predicted molar refractivity (Wildman–Crippen MR) is 107 cm³/mol. The number of furan rings is 1. The number of likely N-dealkylation sites (N-methyl/N-ethyl adjacent to an activating group) is 1. The first-order chi connectivity index (χ1) is 13.7. The molecule has 8 heteroatoms. The highest BCUT2D eigenvalue weighted by Gasteiger charge is 2.24. The molecule has 0 spiro atoms. The van der Waals surface area contributed by atoms with E-state index in [1.807, 2.05) is 26.0 Å². The van der Waals surface area contributed by atoms with Gasteiger partial charge in [0.25, 0.3) is 11.5 Å². The van der Waals surface area contributed by atoms with E-state index in [2.05, 4.69) is 11.1 Å². The van der Waals surface area contributed by atoms with Gasteiger partial charge in [0.05, 0.1) is 0 Å². The van der Waals surface area contributed by atoms with E-state index in [-0.39, 0.29) is 28.3 Å². The third kappa shape index (κ3) is 4.06. The number of carbonyl (C=O) groups excluding carboxylic acids is 2. The number of nitrogens with zero attached hydrogens (tertiary/aromatic N) is 3. The Morgan fingerprint density at radius 3 is 2.66 bits per heavy atom. The number of aromatic nitrogens is 2. The molecule has 2 aromatic heterocycles. The molecule has 3 aromatic rings. The van der Waals surface area contributed by atoms with Crippen molar-refractivity contribution in [2.75, 3.05) is 13.7 Å². The van der Waals surface area contributed by atoms with Crippen molar-refractivity contribution in [1.82, 2.24) is 14.5 Å². The minimum Gasteiger partial charge on any atom is -0.452 e. The Hall–Kier alpha value is -3.42. The number of benzene rings is 1. The monoisotopic (exact) mass is 397 g/mol. The highest BCUT2D eigenvalue weighted by molar-refractivity contribution is 6.03. The second-order valence-corrected chi connectivity index (χ2v) is 7.13. The molecule has 0 unspecified atom stereocenters. The van der Waals surface area contributed by atoms with Crippen molar-refractivity contribution in [2.45, 2.75) is 27.3 Å². The molecule has 1 aromatic carbocycles. The molecule has 2 heterocycles. The van der Waals surface area contributed by atoms with Crippen LogP contribution in [0.2, 0.25) is 0 Å². The van der Waals surface area contributed by atoms with Crippen molar-refractivity contribution >= 4 is 23.0 Å². The van der Waals surface area contributed by atoms with Gasteiger partial charge >= 0.3 is 5.97 Å². The van der Waals surface area contributed by atoms with Crippen LogP contribution in [0.4, 0.5) is 0 Å². The summed E-state index contributed by atoms with van der Waals surface area (Å²) in [6.45, 7) is 5.51. The van der Waals surface area contributed by atoms with Gasteiger partial charge in [0.1, 0.15) is 23.0 Å². The zero-order chi connectivity index (χ0) is 21.3. The first-order valence-electron chi connectivity index (χ1n) is 9.11. The zero-order valence-corrected chi connectivity index (χ0v) is 17.1. The topological polar surface area (TPSA) is 94.6 Å². The maximum atomic E-state index is 12.6. The quantitative estimate of drug-likeness (QED) is 0.613. The largest absolute Gasteiger partial charge is 0.452 e. The molecule has 1 amide bonds. The minimum absolute atomic E-state index is 0.00136. The maximum Gasteiger partial charge on any atom is 0.343 e. The van der Waals surface area contributed by atoms with E-state index in [0.29, 0.717) is 6.54 Å². The molecule has 152 valence electrons. The van der Waals surface area contributed by atoms with Crippen molar-refractivity contribution < 1.29 is 18.7 Å². The lowest BCUT2D eigenvalue weighted by atomic mass is 10.1. The fourth-order valence-electron chi connectivity index (χ4n) is 3.11. The van der Waals surface area contributed by atoms with Gasteiger partial charge < -0.3 is 18.6 Å². The minimum atomic E-state index is -0.792. The molecular weight excluding hydrogens is 374 g/mol. The van der Waals surface area contributed by atoms with Gasteiger partial charge in [-0.25, -0.2) is 9.78 Å². The van der Waals surface area contributed by atoms with Crippen LogP contribution in [-0.2, 0) is 23.1 Å². The molecule has 0 aliphatic carbocycles. The van der Waals surface area contributed by atoms with Crippen LogP contribution in [0.5, 0.6) is 0 Å². The summed E-state index contributed by atoms with van der Waals surface area (Å²) in [5, 5.41) is 0.0496. The fraction of sp³-hybridized carbons (Fsp3) is 0.333. The Bertz CT molecular complexity index is 1160. The predicted octanol–water partition coefficient (Wildman–Crippen LogP) is 2.27. The molecule has 3 rings (SSSR count). The Balaban J connectivity index is 1.71. The highest BCUT2D eigenvalue weighted by atomic mass is 16.5. The number of amides is 1. The molecule has 0 N–H and O–H groups in total. The van der Waals surface area contributed by atoms with Crippen molar-refractivity contribution in [2.24, 2.45) is 7.05 Å². The highest BCUT2D eigenvalue weighted by Crippen LogP contribution is 2.21. The molecule has 0 fully saturated rings. The zero-order valence-electron chi connectivity index (χ0n) is 17.1. The number of carbonyl (C=O) groups is 2. The SMILES string of the molecule is Cc1ccc(CN(C)C(=O)COC(=O)c2c(C)oc3ncn(C)c(=O)c23)c(C)c1. The van der Waals surface area contributed by atoms with Crippen LogP contribution in [-0.4, -0.2) is 40.0 Å². The number of hydrogen-bond acceptors (Lipinski definition) is 6. The summed E-state index contributed by atoms with van der Waals surface area (Å²) in [5.41, 5.74) is 2.90. The number of rotatable bonds is 5. The van der Waals surface area contributed by atoms with Crippen LogP contribution in [0.3, 0.4) is 0 Å². The first kappa shape index (κ1) is 20.3. The lowest BCUT2D eigenvalue weighted by molar-refractivity contribution is -0.133. The van der Waals surface area contributed by atoms with E-state index >= 15 is 0 Å². The number of esters is 1.